The molecule has 1 rings (SSSR count). The van der Waals surface area contributed by atoms with E-state index in [1.54, 1.807) is 0 Å². The Labute approximate surface area is 86.7 Å². The van der Waals surface area contributed by atoms with Gasteiger partial charge in [0, 0.05) is 12.6 Å². The first-order valence-corrected chi connectivity index (χ1v) is 5.75. The van der Waals surface area contributed by atoms with Crippen molar-refractivity contribution in [2.24, 2.45) is 0 Å². The Morgan fingerprint density at radius 3 is 2.57 bits per heavy atom. The number of aliphatic hydroxyl groups is 2. The first kappa shape index (κ1) is 12.0. The molecule has 14 heavy (non-hydrogen) atoms. The molecule has 1 fully saturated rings. The lowest BCUT2D eigenvalue weighted by molar-refractivity contribution is 0.0851. The van der Waals surface area contributed by atoms with E-state index in [9.17, 15) is 5.11 Å². The van der Waals surface area contributed by atoms with Gasteiger partial charge < -0.3 is 15.1 Å². The number of hydrogen-bond donors (Lipinski definition) is 2. The minimum Gasteiger partial charge on any atom is -0.396 e. The van der Waals surface area contributed by atoms with E-state index in [2.05, 4.69) is 11.9 Å². The molecule has 0 bridgehead atoms. The van der Waals surface area contributed by atoms with Crippen molar-refractivity contribution in [3.8, 4) is 0 Å². The summed E-state index contributed by atoms with van der Waals surface area (Å²) >= 11 is 0. The van der Waals surface area contributed by atoms with Crippen molar-refractivity contribution in [3.63, 3.8) is 0 Å². The lowest BCUT2D eigenvalue weighted by Crippen LogP contribution is -2.38. The molecule has 0 amide bonds. The molecule has 3 heteroatoms. The van der Waals surface area contributed by atoms with E-state index in [1.807, 2.05) is 0 Å². The maximum absolute atomic E-state index is 9.68. The summed E-state index contributed by atoms with van der Waals surface area (Å²) in [5.74, 6) is 0. The van der Waals surface area contributed by atoms with Crippen molar-refractivity contribution in [1.29, 1.82) is 0 Å². The fourth-order valence-electron chi connectivity index (χ4n) is 2.25. The Balaban J connectivity index is 2.11. The monoisotopic (exact) mass is 201 g/mol. The number of likely N-dealkylation sites (N-methyl/N-ethyl adjacent to an activating group) is 1. The SMILES string of the molecule is CN(CCCCCO)[C@@H]1CCC[C@H]1O. The number of aliphatic hydroxyl groups excluding tert-OH is 2. The summed E-state index contributed by atoms with van der Waals surface area (Å²) in [5.41, 5.74) is 0. The highest BCUT2D eigenvalue weighted by atomic mass is 16.3. The van der Waals surface area contributed by atoms with Crippen molar-refractivity contribution in [2.45, 2.75) is 50.7 Å². The van der Waals surface area contributed by atoms with Crippen LogP contribution in [0.15, 0.2) is 0 Å². The van der Waals surface area contributed by atoms with Gasteiger partial charge in [0.2, 0.25) is 0 Å². The molecule has 0 aromatic heterocycles. The van der Waals surface area contributed by atoms with Crippen molar-refractivity contribution in [3.05, 3.63) is 0 Å². The normalized spacial score (nSPS) is 27.4. The Morgan fingerprint density at radius 1 is 1.21 bits per heavy atom. The van der Waals surface area contributed by atoms with Gasteiger partial charge in [-0.3, -0.25) is 0 Å². The summed E-state index contributed by atoms with van der Waals surface area (Å²) in [5, 5.41) is 18.3. The first-order valence-electron chi connectivity index (χ1n) is 5.75. The second-order valence-corrected chi connectivity index (χ2v) is 4.33. The zero-order valence-corrected chi connectivity index (χ0v) is 9.15. The average Bonchev–Trinajstić information content (AvgIpc) is 2.59. The van der Waals surface area contributed by atoms with Crippen LogP contribution in [0.25, 0.3) is 0 Å². The predicted molar refractivity (Wildman–Crippen MR) is 57.2 cm³/mol. The van der Waals surface area contributed by atoms with Crippen LogP contribution >= 0.6 is 0 Å². The van der Waals surface area contributed by atoms with Gasteiger partial charge in [0.25, 0.3) is 0 Å². The van der Waals surface area contributed by atoms with E-state index in [0.717, 1.165) is 45.1 Å². The van der Waals surface area contributed by atoms with Gasteiger partial charge in [-0.25, -0.2) is 0 Å². The highest BCUT2D eigenvalue weighted by Gasteiger charge is 2.27. The maximum atomic E-state index is 9.68. The second kappa shape index (κ2) is 6.38. The topological polar surface area (TPSA) is 43.7 Å². The smallest absolute Gasteiger partial charge is 0.0695 e. The Morgan fingerprint density at radius 2 is 2.00 bits per heavy atom. The fraction of sp³-hybridized carbons (Fsp3) is 1.00. The third kappa shape index (κ3) is 3.56. The third-order valence-corrected chi connectivity index (χ3v) is 3.18. The van der Waals surface area contributed by atoms with Crippen LogP contribution < -0.4 is 0 Å². The van der Waals surface area contributed by atoms with Crippen LogP contribution in [0.1, 0.15) is 38.5 Å². The highest BCUT2D eigenvalue weighted by molar-refractivity contribution is 4.83. The van der Waals surface area contributed by atoms with Crippen LogP contribution in [0.2, 0.25) is 0 Å². The van der Waals surface area contributed by atoms with Gasteiger partial charge in [-0.1, -0.05) is 0 Å². The largest absolute Gasteiger partial charge is 0.396 e. The molecule has 84 valence electrons. The zero-order chi connectivity index (χ0) is 10.4. The first-order chi connectivity index (χ1) is 6.75. The van der Waals surface area contributed by atoms with Crippen LogP contribution in [0, 0.1) is 0 Å². The van der Waals surface area contributed by atoms with Gasteiger partial charge >= 0.3 is 0 Å². The van der Waals surface area contributed by atoms with Gasteiger partial charge in [0.15, 0.2) is 0 Å². The molecule has 1 saturated carbocycles. The van der Waals surface area contributed by atoms with Gasteiger partial charge in [0.1, 0.15) is 0 Å². The molecule has 1 aliphatic carbocycles. The van der Waals surface area contributed by atoms with E-state index in [4.69, 9.17) is 5.11 Å². The van der Waals surface area contributed by atoms with E-state index < -0.39 is 0 Å². The number of nitrogens with zero attached hydrogens (tertiary/aromatic N) is 1. The maximum Gasteiger partial charge on any atom is 0.0695 e. The Kier molecular flexibility index (Phi) is 5.45. The van der Waals surface area contributed by atoms with Crippen LogP contribution in [0.4, 0.5) is 0 Å². The Hall–Kier alpha value is -0.120. The molecule has 0 unspecified atom stereocenters. The van der Waals surface area contributed by atoms with Crippen LogP contribution in [0.5, 0.6) is 0 Å². The second-order valence-electron chi connectivity index (χ2n) is 4.33. The molecule has 0 aromatic rings. The van der Waals surface area contributed by atoms with Gasteiger partial charge in [-0.05, 0) is 52.1 Å². The summed E-state index contributed by atoms with van der Waals surface area (Å²) < 4.78 is 0. The molecule has 0 spiro atoms. The van der Waals surface area contributed by atoms with Gasteiger partial charge in [-0.2, -0.15) is 0 Å². The minimum absolute atomic E-state index is 0.113. The Bertz CT molecular complexity index is 152. The third-order valence-electron chi connectivity index (χ3n) is 3.18. The number of hydrogen-bond acceptors (Lipinski definition) is 3. The minimum atomic E-state index is -0.113. The lowest BCUT2D eigenvalue weighted by atomic mass is 10.1. The standard InChI is InChI=1S/C11H23NO2/c1-12(8-3-2-4-9-13)10-6-5-7-11(10)14/h10-11,13-14H,2-9H2,1H3/t10-,11-/m1/s1. The molecule has 0 heterocycles. The van der Waals surface area contributed by atoms with Crippen LogP contribution in [-0.2, 0) is 0 Å². The summed E-state index contributed by atoms with van der Waals surface area (Å²) in [6, 6.07) is 0.379. The van der Waals surface area contributed by atoms with Gasteiger partial charge in [0.05, 0.1) is 6.10 Å². The van der Waals surface area contributed by atoms with Crippen molar-refractivity contribution in [1.82, 2.24) is 4.90 Å². The number of rotatable bonds is 6. The predicted octanol–water partition coefficient (Wildman–Crippen LogP) is 0.994. The lowest BCUT2D eigenvalue weighted by Gasteiger charge is -2.26. The fourth-order valence-corrected chi connectivity index (χ4v) is 2.25. The van der Waals surface area contributed by atoms with Crippen LogP contribution in [0.3, 0.4) is 0 Å². The van der Waals surface area contributed by atoms with Crippen molar-refractivity contribution < 1.29 is 10.2 Å². The molecule has 1 aliphatic rings. The average molecular weight is 201 g/mol. The van der Waals surface area contributed by atoms with E-state index in [0.29, 0.717) is 12.6 Å². The molecular formula is C11H23NO2. The zero-order valence-electron chi connectivity index (χ0n) is 9.15. The molecule has 0 aliphatic heterocycles. The molecule has 3 nitrogen and oxygen atoms in total. The molecule has 0 saturated heterocycles. The van der Waals surface area contributed by atoms with Crippen molar-refractivity contribution >= 4 is 0 Å². The summed E-state index contributed by atoms with van der Waals surface area (Å²) in [6.07, 6.45) is 6.26. The highest BCUT2D eigenvalue weighted by Crippen LogP contribution is 2.23. The molecular weight excluding hydrogens is 178 g/mol. The van der Waals surface area contributed by atoms with E-state index in [1.165, 1.54) is 0 Å². The quantitative estimate of drug-likeness (QED) is 0.630. The van der Waals surface area contributed by atoms with Gasteiger partial charge in [-0.15, -0.1) is 0 Å². The summed E-state index contributed by atoms with van der Waals surface area (Å²) in [7, 11) is 2.10. The van der Waals surface area contributed by atoms with E-state index in [-0.39, 0.29) is 6.10 Å². The summed E-state index contributed by atoms with van der Waals surface area (Å²) in [6.45, 7) is 1.34. The van der Waals surface area contributed by atoms with Crippen molar-refractivity contribution in [2.75, 3.05) is 20.2 Å². The molecule has 0 radical (unpaired) electrons. The molecule has 2 atom stereocenters. The number of unbranched alkanes of at least 4 members (excludes halogenated alkanes) is 2. The summed E-state index contributed by atoms with van der Waals surface area (Å²) in [4.78, 5) is 2.27. The molecule has 2 N–H and O–H groups in total. The molecule has 0 aromatic carbocycles. The van der Waals surface area contributed by atoms with Crippen LogP contribution in [-0.4, -0.2) is 47.5 Å². The van der Waals surface area contributed by atoms with E-state index >= 15 is 0 Å².